The Labute approximate surface area is 146 Å². The highest BCUT2D eigenvalue weighted by atomic mass is 32.1. The number of hydrogen-bond donors (Lipinski definition) is 3. The SMILES string of the molecule is C=CCNC(=NCc1nnc(C)n1C)NCC(C)(O)c1cccs1. The van der Waals surface area contributed by atoms with Crippen molar-refractivity contribution in [2.24, 2.45) is 12.0 Å². The van der Waals surface area contributed by atoms with E-state index >= 15 is 0 Å². The summed E-state index contributed by atoms with van der Waals surface area (Å²) in [5.74, 6) is 2.21. The Kier molecular flexibility index (Phi) is 6.10. The van der Waals surface area contributed by atoms with Crippen molar-refractivity contribution in [3.63, 3.8) is 0 Å². The summed E-state index contributed by atoms with van der Waals surface area (Å²) in [6.07, 6.45) is 1.75. The van der Waals surface area contributed by atoms with Gasteiger partial charge in [0.05, 0.1) is 6.54 Å². The first-order valence-electron chi connectivity index (χ1n) is 7.68. The Balaban J connectivity index is 2.03. The maximum absolute atomic E-state index is 10.6. The predicted octanol–water partition coefficient (Wildman–Crippen LogP) is 1.31. The Hall–Kier alpha value is -2.19. The largest absolute Gasteiger partial charge is 0.383 e. The number of aliphatic hydroxyl groups is 1. The van der Waals surface area contributed by atoms with Gasteiger partial charge in [0.1, 0.15) is 18.0 Å². The van der Waals surface area contributed by atoms with Gasteiger partial charge >= 0.3 is 0 Å². The Bertz CT molecular complexity index is 689. The normalized spacial score (nSPS) is 14.2. The highest BCUT2D eigenvalue weighted by Crippen LogP contribution is 2.24. The number of hydrogen-bond acceptors (Lipinski definition) is 5. The van der Waals surface area contributed by atoms with Gasteiger partial charge in [-0.05, 0) is 25.3 Å². The molecule has 2 aromatic heterocycles. The molecule has 2 heterocycles. The van der Waals surface area contributed by atoms with E-state index in [0.29, 0.717) is 25.6 Å². The van der Waals surface area contributed by atoms with Crippen LogP contribution in [0.5, 0.6) is 0 Å². The molecule has 2 aromatic rings. The molecule has 0 aromatic carbocycles. The van der Waals surface area contributed by atoms with Gasteiger partial charge in [0.2, 0.25) is 0 Å². The smallest absolute Gasteiger partial charge is 0.192 e. The molecule has 0 saturated heterocycles. The van der Waals surface area contributed by atoms with Crippen LogP contribution in [0.2, 0.25) is 0 Å². The van der Waals surface area contributed by atoms with Gasteiger partial charge in [-0.25, -0.2) is 4.99 Å². The van der Waals surface area contributed by atoms with Crippen LogP contribution in [0.4, 0.5) is 0 Å². The summed E-state index contributed by atoms with van der Waals surface area (Å²) in [5.41, 5.74) is -0.966. The standard InChI is InChI=1S/C16H24N6OS/c1-5-8-17-15(18-10-14-21-20-12(2)22(14)4)19-11-16(3,23)13-7-6-9-24-13/h5-7,9,23H,1,8,10-11H2,2-4H3,(H2,17,18,19). The van der Waals surface area contributed by atoms with Crippen LogP contribution in [0.1, 0.15) is 23.4 Å². The van der Waals surface area contributed by atoms with Gasteiger partial charge in [0.25, 0.3) is 0 Å². The highest BCUT2D eigenvalue weighted by Gasteiger charge is 2.24. The maximum atomic E-state index is 10.6. The lowest BCUT2D eigenvalue weighted by Gasteiger charge is -2.23. The molecule has 0 bridgehead atoms. The molecule has 0 aliphatic heterocycles. The van der Waals surface area contributed by atoms with Crippen LogP contribution in [0, 0.1) is 6.92 Å². The Morgan fingerprint density at radius 3 is 2.88 bits per heavy atom. The van der Waals surface area contributed by atoms with Crippen molar-refractivity contribution in [1.29, 1.82) is 0 Å². The molecular weight excluding hydrogens is 324 g/mol. The van der Waals surface area contributed by atoms with Gasteiger partial charge in [0.15, 0.2) is 11.8 Å². The van der Waals surface area contributed by atoms with E-state index in [1.807, 2.05) is 36.1 Å². The second-order valence-electron chi connectivity index (χ2n) is 5.66. The fraction of sp³-hybridized carbons (Fsp3) is 0.438. The van der Waals surface area contributed by atoms with E-state index in [0.717, 1.165) is 16.5 Å². The summed E-state index contributed by atoms with van der Waals surface area (Å²) in [6, 6.07) is 3.85. The summed E-state index contributed by atoms with van der Waals surface area (Å²) in [5, 5.41) is 27.0. The number of nitrogens with one attached hydrogen (secondary N) is 2. The van der Waals surface area contributed by atoms with Crippen molar-refractivity contribution < 1.29 is 5.11 Å². The van der Waals surface area contributed by atoms with Gasteiger partial charge < -0.3 is 20.3 Å². The quantitative estimate of drug-likeness (QED) is 0.399. The maximum Gasteiger partial charge on any atom is 0.192 e. The van der Waals surface area contributed by atoms with E-state index in [1.54, 1.807) is 13.0 Å². The number of nitrogens with zero attached hydrogens (tertiary/aromatic N) is 4. The minimum atomic E-state index is -0.966. The molecule has 0 amide bonds. The first-order valence-corrected chi connectivity index (χ1v) is 8.56. The lowest BCUT2D eigenvalue weighted by Crippen LogP contribution is -2.44. The summed E-state index contributed by atoms with van der Waals surface area (Å²) >= 11 is 1.53. The summed E-state index contributed by atoms with van der Waals surface area (Å²) < 4.78 is 1.90. The molecular formula is C16H24N6OS. The third-order valence-corrected chi connectivity index (χ3v) is 4.75. The molecule has 0 saturated carbocycles. The predicted molar refractivity (Wildman–Crippen MR) is 97.0 cm³/mol. The van der Waals surface area contributed by atoms with Crippen molar-refractivity contribution in [2.45, 2.75) is 26.0 Å². The molecule has 0 fully saturated rings. The molecule has 130 valence electrons. The summed E-state index contributed by atoms with van der Waals surface area (Å²) in [4.78, 5) is 5.41. The zero-order chi connectivity index (χ0) is 17.6. The number of guanidine groups is 1. The topological polar surface area (TPSA) is 87.4 Å². The van der Waals surface area contributed by atoms with Crippen LogP contribution in [-0.4, -0.2) is 38.9 Å². The monoisotopic (exact) mass is 348 g/mol. The molecule has 7 nitrogen and oxygen atoms in total. The highest BCUT2D eigenvalue weighted by molar-refractivity contribution is 7.10. The minimum Gasteiger partial charge on any atom is -0.383 e. The van der Waals surface area contributed by atoms with E-state index in [4.69, 9.17) is 0 Å². The average molecular weight is 348 g/mol. The van der Waals surface area contributed by atoms with E-state index in [-0.39, 0.29) is 0 Å². The Morgan fingerprint density at radius 2 is 2.29 bits per heavy atom. The van der Waals surface area contributed by atoms with Crippen molar-refractivity contribution in [3.05, 3.63) is 46.7 Å². The zero-order valence-corrected chi connectivity index (χ0v) is 15.1. The van der Waals surface area contributed by atoms with Gasteiger partial charge in [0, 0.05) is 18.5 Å². The van der Waals surface area contributed by atoms with E-state index in [1.165, 1.54) is 11.3 Å². The lowest BCUT2D eigenvalue weighted by molar-refractivity contribution is 0.0655. The first-order chi connectivity index (χ1) is 11.4. The van der Waals surface area contributed by atoms with E-state index < -0.39 is 5.60 Å². The third-order valence-electron chi connectivity index (χ3n) is 3.63. The van der Waals surface area contributed by atoms with Crippen molar-refractivity contribution >= 4 is 17.3 Å². The number of thiophene rings is 1. The number of rotatable bonds is 7. The molecule has 0 aliphatic carbocycles. The molecule has 2 rings (SSSR count). The van der Waals surface area contributed by atoms with Crippen molar-refractivity contribution in [1.82, 2.24) is 25.4 Å². The minimum absolute atomic E-state index is 0.342. The molecule has 1 unspecified atom stereocenters. The molecule has 24 heavy (non-hydrogen) atoms. The van der Waals surface area contributed by atoms with Crippen LogP contribution in [0.15, 0.2) is 35.2 Å². The molecule has 1 atom stereocenters. The van der Waals surface area contributed by atoms with Gasteiger partial charge in [-0.3, -0.25) is 0 Å². The van der Waals surface area contributed by atoms with E-state index in [2.05, 4.69) is 32.4 Å². The van der Waals surface area contributed by atoms with Gasteiger partial charge in [-0.15, -0.1) is 28.1 Å². The molecule has 0 aliphatic rings. The summed E-state index contributed by atoms with van der Waals surface area (Å²) in [6.45, 7) is 8.69. The first kappa shape index (κ1) is 18.2. The van der Waals surface area contributed by atoms with Gasteiger partial charge in [-0.1, -0.05) is 12.1 Å². The number of aliphatic imine (C=N–C) groups is 1. The second-order valence-corrected chi connectivity index (χ2v) is 6.61. The van der Waals surface area contributed by atoms with Gasteiger partial charge in [-0.2, -0.15) is 0 Å². The number of aromatic nitrogens is 3. The molecule has 0 spiro atoms. The molecule has 0 radical (unpaired) electrons. The van der Waals surface area contributed by atoms with Crippen LogP contribution >= 0.6 is 11.3 Å². The van der Waals surface area contributed by atoms with Crippen LogP contribution in [-0.2, 0) is 19.2 Å². The van der Waals surface area contributed by atoms with E-state index in [9.17, 15) is 5.11 Å². The summed E-state index contributed by atoms with van der Waals surface area (Å²) in [7, 11) is 1.91. The fourth-order valence-corrected chi connectivity index (χ4v) is 2.80. The van der Waals surface area contributed by atoms with Crippen molar-refractivity contribution in [2.75, 3.05) is 13.1 Å². The second kappa shape index (κ2) is 8.07. The van der Waals surface area contributed by atoms with Crippen molar-refractivity contribution in [3.8, 4) is 0 Å². The zero-order valence-electron chi connectivity index (χ0n) is 14.3. The fourth-order valence-electron chi connectivity index (χ4n) is 2.01. The number of aryl methyl sites for hydroxylation is 1. The lowest BCUT2D eigenvalue weighted by atomic mass is 10.1. The third kappa shape index (κ3) is 4.65. The van der Waals surface area contributed by atoms with Crippen LogP contribution < -0.4 is 10.6 Å². The molecule has 8 heteroatoms. The Morgan fingerprint density at radius 1 is 1.50 bits per heavy atom. The van der Waals surface area contributed by atoms with Crippen LogP contribution in [0.25, 0.3) is 0 Å². The molecule has 3 N–H and O–H groups in total. The average Bonchev–Trinajstić information content (AvgIpc) is 3.20. The van der Waals surface area contributed by atoms with Crippen LogP contribution in [0.3, 0.4) is 0 Å².